The predicted octanol–water partition coefficient (Wildman–Crippen LogP) is 2.33. The molecule has 0 radical (unpaired) electrons. The number of amides is 2. The molecule has 0 unspecified atom stereocenters. The first-order valence-electron chi connectivity index (χ1n) is 7.80. The Labute approximate surface area is 145 Å². The average molecular weight is 339 g/mol. The molecule has 3 rings (SSSR count). The van der Waals surface area contributed by atoms with Crippen LogP contribution in [0.4, 0.5) is 0 Å². The number of imide groups is 1. The van der Waals surface area contributed by atoms with Crippen molar-refractivity contribution in [3.8, 4) is 11.5 Å². The van der Waals surface area contributed by atoms with Crippen LogP contribution in [0.3, 0.4) is 0 Å². The first-order chi connectivity index (χ1) is 12.0. The van der Waals surface area contributed by atoms with Crippen LogP contribution in [0.1, 0.15) is 27.6 Å². The van der Waals surface area contributed by atoms with Gasteiger partial charge in [0.25, 0.3) is 11.8 Å². The lowest BCUT2D eigenvalue weighted by Crippen LogP contribution is -2.44. The lowest BCUT2D eigenvalue weighted by molar-refractivity contribution is -0.134. The third kappa shape index (κ3) is 3.24. The standard InChI is InChI=1S/C19H17NO5/c1-12-18(22)20(19(23)15-8-3-4-9-17(15)25-12)11-16(21)13-6-5-7-14(10-13)24-2/h3-10,12H,11H2,1-2H3/t12-/m1/s1. The van der Waals surface area contributed by atoms with E-state index in [-0.39, 0.29) is 17.9 Å². The molecule has 6 nitrogen and oxygen atoms in total. The fourth-order valence-electron chi connectivity index (χ4n) is 2.63. The molecule has 1 aliphatic rings. The van der Waals surface area contributed by atoms with Gasteiger partial charge in [-0.1, -0.05) is 24.3 Å². The maximum absolute atomic E-state index is 12.7. The fourth-order valence-corrected chi connectivity index (χ4v) is 2.63. The third-order valence-electron chi connectivity index (χ3n) is 3.97. The van der Waals surface area contributed by atoms with Crippen LogP contribution in [0.2, 0.25) is 0 Å². The van der Waals surface area contributed by atoms with Crippen LogP contribution in [-0.4, -0.2) is 42.3 Å². The first kappa shape index (κ1) is 16.7. The second-order valence-electron chi connectivity index (χ2n) is 5.64. The molecule has 128 valence electrons. The molecule has 0 aromatic heterocycles. The number of benzene rings is 2. The Morgan fingerprint density at radius 1 is 1.16 bits per heavy atom. The zero-order valence-electron chi connectivity index (χ0n) is 13.9. The van der Waals surface area contributed by atoms with Crippen LogP contribution in [0.15, 0.2) is 48.5 Å². The Morgan fingerprint density at radius 2 is 1.92 bits per heavy atom. The summed E-state index contributed by atoms with van der Waals surface area (Å²) in [7, 11) is 1.50. The molecule has 1 heterocycles. The van der Waals surface area contributed by atoms with Gasteiger partial charge in [0.05, 0.1) is 19.2 Å². The molecular weight excluding hydrogens is 322 g/mol. The summed E-state index contributed by atoms with van der Waals surface area (Å²) in [6, 6.07) is 13.2. The molecule has 2 aromatic carbocycles. The van der Waals surface area contributed by atoms with Gasteiger partial charge in [-0.15, -0.1) is 0 Å². The second kappa shape index (κ2) is 6.76. The van der Waals surface area contributed by atoms with E-state index in [0.29, 0.717) is 17.1 Å². The van der Waals surface area contributed by atoms with E-state index in [1.54, 1.807) is 55.5 Å². The van der Waals surface area contributed by atoms with Gasteiger partial charge in [-0.05, 0) is 31.2 Å². The number of fused-ring (bicyclic) bond motifs is 1. The topological polar surface area (TPSA) is 72.9 Å². The van der Waals surface area contributed by atoms with E-state index in [1.165, 1.54) is 7.11 Å². The van der Waals surface area contributed by atoms with Crippen molar-refractivity contribution >= 4 is 17.6 Å². The quantitative estimate of drug-likeness (QED) is 0.631. The number of para-hydroxylation sites is 1. The number of ketones is 1. The molecule has 0 spiro atoms. The number of hydrogen-bond donors (Lipinski definition) is 0. The summed E-state index contributed by atoms with van der Waals surface area (Å²) in [6.45, 7) is 1.20. The Balaban J connectivity index is 1.91. The molecule has 0 aliphatic carbocycles. The lowest BCUT2D eigenvalue weighted by Gasteiger charge is -2.19. The van der Waals surface area contributed by atoms with Crippen LogP contribution in [0, 0.1) is 0 Å². The minimum Gasteiger partial charge on any atom is -0.497 e. The molecular formula is C19H17NO5. The minimum absolute atomic E-state index is 0.263. The largest absolute Gasteiger partial charge is 0.497 e. The molecule has 1 atom stereocenters. The van der Waals surface area contributed by atoms with Gasteiger partial charge in [0, 0.05) is 5.56 Å². The summed E-state index contributed by atoms with van der Waals surface area (Å²) in [4.78, 5) is 38.8. The van der Waals surface area contributed by atoms with Crippen molar-refractivity contribution < 1.29 is 23.9 Å². The maximum Gasteiger partial charge on any atom is 0.270 e. The highest BCUT2D eigenvalue weighted by Gasteiger charge is 2.35. The molecule has 0 N–H and O–H groups in total. The molecule has 0 saturated heterocycles. The van der Waals surface area contributed by atoms with E-state index in [0.717, 1.165) is 4.90 Å². The summed E-state index contributed by atoms with van der Waals surface area (Å²) in [6.07, 6.45) is -0.856. The Bertz CT molecular complexity index is 845. The highest BCUT2D eigenvalue weighted by Crippen LogP contribution is 2.25. The number of Topliss-reactive ketones (excluding diaryl/α,β-unsaturated/α-hetero) is 1. The number of hydrogen-bond acceptors (Lipinski definition) is 5. The van der Waals surface area contributed by atoms with E-state index in [1.807, 2.05) is 0 Å². The molecule has 1 aliphatic heterocycles. The molecule has 25 heavy (non-hydrogen) atoms. The van der Waals surface area contributed by atoms with Crippen molar-refractivity contribution in [2.75, 3.05) is 13.7 Å². The number of carbonyl (C=O) groups excluding carboxylic acids is 3. The number of ether oxygens (including phenoxy) is 2. The van der Waals surface area contributed by atoms with Gasteiger partial charge >= 0.3 is 0 Å². The van der Waals surface area contributed by atoms with Crippen molar-refractivity contribution in [1.82, 2.24) is 4.90 Å². The highest BCUT2D eigenvalue weighted by atomic mass is 16.5. The highest BCUT2D eigenvalue weighted by molar-refractivity contribution is 6.12. The molecule has 0 saturated carbocycles. The normalized spacial score (nSPS) is 16.7. The van der Waals surface area contributed by atoms with Gasteiger partial charge < -0.3 is 9.47 Å². The Morgan fingerprint density at radius 3 is 2.68 bits per heavy atom. The van der Waals surface area contributed by atoms with Gasteiger partial charge in [-0.2, -0.15) is 0 Å². The smallest absolute Gasteiger partial charge is 0.270 e. The summed E-state index contributed by atoms with van der Waals surface area (Å²) in [5.74, 6) is -0.572. The van der Waals surface area contributed by atoms with Gasteiger partial charge in [0.2, 0.25) is 0 Å². The zero-order valence-corrected chi connectivity index (χ0v) is 13.9. The number of carbonyl (C=O) groups is 3. The van der Waals surface area contributed by atoms with Crippen LogP contribution in [-0.2, 0) is 4.79 Å². The van der Waals surface area contributed by atoms with Crippen molar-refractivity contribution in [1.29, 1.82) is 0 Å². The number of methoxy groups -OCH3 is 1. The van der Waals surface area contributed by atoms with Crippen molar-refractivity contribution in [2.45, 2.75) is 13.0 Å². The lowest BCUT2D eigenvalue weighted by atomic mass is 10.1. The summed E-state index contributed by atoms with van der Waals surface area (Å²) in [5.41, 5.74) is 0.629. The third-order valence-corrected chi connectivity index (χ3v) is 3.97. The Hall–Kier alpha value is -3.15. The molecule has 2 aromatic rings. The van der Waals surface area contributed by atoms with Crippen LogP contribution in [0.5, 0.6) is 11.5 Å². The predicted molar refractivity (Wildman–Crippen MR) is 89.9 cm³/mol. The van der Waals surface area contributed by atoms with E-state index < -0.39 is 17.9 Å². The molecule has 0 bridgehead atoms. The number of rotatable bonds is 4. The van der Waals surface area contributed by atoms with Gasteiger partial charge in [-0.25, -0.2) is 0 Å². The average Bonchev–Trinajstić information content (AvgIpc) is 2.72. The van der Waals surface area contributed by atoms with Gasteiger partial charge in [0.1, 0.15) is 11.5 Å². The van der Waals surface area contributed by atoms with Gasteiger partial charge in [0.15, 0.2) is 11.9 Å². The van der Waals surface area contributed by atoms with Gasteiger partial charge in [-0.3, -0.25) is 19.3 Å². The monoisotopic (exact) mass is 339 g/mol. The van der Waals surface area contributed by atoms with Crippen molar-refractivity contribution in [3.63, 3.8) is 0 Å². The van der Waals surface area contributed by atoms with Crippen molar-refractivity contribution in [3.05, 3.63) is 59.7 Å². The molecule has 2 amide bonds. The van der Waals surface area contributed by atoms with E-state index >= 15 is 0 Å². The van der Waals surface area contributed by atoms with E-state index in [9.17, 15) is 14.4 Å². The molecule has 6 heteroatoms. The zero-order chi connectivity index (χ0) is 18.0. The van der Waals surface area contributed by atoms with Crippen LogP contribution >= 0.6 is 0 Å². The van der Waals surface area contributed by atoms with Crippen molar-refractivity contribution in [2.24, 2.45) is 0 Å². The minimum atomic E-state index is -0.856. The summed E-state index contributed by atoms with van der Waals surface area (Å²) < 4.78 is 10.7. The number of nitrogens with zero attached hydrogens (tertiary/aromatic N) is 1. The SMILES string of the molecule is COc1cccc(C(=O)CN2C(=O)c3ccccc3O[C@H](C)C2=O)c1. The Kier molecular flexibility index (Phi) is 4.52. The summed E-state index contributed by atoms with van der Waals surface area (Å²) in [5, 5.41) is 0. The molecule has 0 fully saturated rings. The van der Waals surface area contributed by atoms with E-state index in [4.69, 9.17) is 9.47 Å². The second-order valence-corrected chi connectivity index (χ2v) is 5.64. The van der Waals surface area contributed by atoms with E-state index in [2.05, 4.69) is 0 Å². The van der Waals surface area contributed by atoms with Crippen LogP contribution < -0.4 is 9.47 Å². The fraction of sp³-hybridized carbons (Fsp3) is 0.211. The summed E-state index contributed by atoms with van der Waals surface area (Å²) >= 11 is 0. The maximum atomic E-state index is 12.7. The van der Waals surface area contributed by atoms with Crippen LogP contribution in [0.25, 0.3) is 0 Å². The first-order valence-corrected chi connectivity index (χ1v) is 7.80.